The van der Waals surface area contributed by atoms with Crippen molar-refractivity contribution in [2.75, 3.05) is 44.8 Å². The molecule has 1 aliphatic heterocycles. The molecule has 7 heteroatoms. The molecule has 212 valence electrons. The first kappa shape index (κ1) is 32.8. The minimum atomic E-state index is -1.89. The molecule has 0 bridgehead atoms. The predicted octanol–water partition coefficient (Wildman–Crippen LogP) is 5.12. The Kier molecular flexibility index (Phi) is 13.1. The van der Waals surface area contributed by atoms with Gasteiger partial charge >= 0.3 is 0 Å². The van der Waals surface area contributed by atoms with Crippen LogP contribution in [-0.2, 0) is 10.4 Å². The van der Waals surface area contributed by atoms with E-state index in [1.54, 1.807) is 29.2 Å². The fourth-order valence-corrected chi connectivity index (χ4v) is 4.90. The summed E-state index contributed by atoms with van der Waals surface area (Å²) < 4.78 is 0. The average molecular weight is 563 g/mol. The van der Waals surface area contributed by atoms with Crippen LogP contribution < -0.4 is 4.90 Å². The largest absolute Gasteiger partial charge is 0.400 e. The predicted molar refractivity (Wildman–Crippen MR) is 166 cm³/mol. The Morgan fingerprint density at radius 1 is 1.02 bits per heavy atom. The van der Waals surface area contributed by atoms with Gasteiger partial charge in [0.05, 0.1) is 17.3 Å². The first-order chi connectivity index (χ1) is 19.3. The standard InChI is InChI=1S/C28H29ClN2O3.C4H6.CH4O/c1-3-30(4-2)14-15-31-25-18-20(9-7-8-16-32)17-24(29)26(25)28(34,27(31)33)23-13-12-21-10-5-6-11-22(21)19-23;1-3-4-2;1-2/h5-6,10-13,17-19,32,34H,3-4,8,14-16H2,1-2H3;3-4H,1-2H2;2H,1H3. The number of nitrogens with zero attached hydrogens (tertiary/aromatic N) is 2. The van der Waals surface area contributed by atoms with Gasteiger partial charge in [-0.3, -0.25) is 4.79 Å². The topological polar surface area (TPSA) is 84.2 Å². The van der Waals surface area contributed by atoms with Crippen LogP contribution in [0.15, 0.2) is 79.9 Å². The highest BCUT2D eigenvalue weighted by Gasteiger charge is 2.52. The normalized spacial score (nSPS) is 15.3. The smallest absolute Gasteiger partial charge is 0.268 e. The number of hydrogen-bond acceptors (Lipinski definition) is 5. The third-order valence-corrected chi connectivity index (χ3v) is 6.91. The zero-order valence-electron chi connectivity index (χ0n) is 23.5. The molecule has 1 amide bonds. The first-order valence-electron chi connectivity index (χ1n) is 13.2. The lowest BCUT2D eigenvalue weighted by Crippen LogP contribution is -2.44. The number of aliphatic hydroxyl groups is 3. The molecule has 0 fully saturated rings. The van der Waals surface area contributed by atoms with E-state index in [0.717, 1.165) is 31.0 Å². The number of carbonyl (C=O) groups excluding carboxylic acids is 1. The van der Waals surface area contributed by atoms with E-state index in [4.69, 9.17) is 21.8 Å². The van der Waals surface area contributed by atoms with Gasteiger partial charge in [0.15, 0.2) is 5.60 Å². The fourth-order valence-electron chi connectivity index (χ4n) is 4.55. The maximum atomic E-state index is 13.9. The second-order valence-electron chi connectivity index (χ2n) is 8.85. The van der Waals surface area contributed by atoms with Gasteiger partial charge in [0.2, 0.25) is 0 Å². The summed E-state index contributed by atoms with van der Waals surface area (Å²) in [6, 6.07) is 16.9. The molecule has 1 aliphatic rings. The summed E-state index contributed by atoms with van der Waals surface area (Å²) in [7, 11) is 1.00. The summed E-state index contributed by atoms with van der Waals surface area (Å²) in [6.07, 6.45) is 3.63. The second-order valence-corrected chi connectivity index (χ2v) is 9.26. The van der Waals surface area contributed by atoms with Crippen molar-refractivity contribution < 1.29 is 20.1 Å². The summed E-state index contributed by atoms with van der Waals surface area (Å²) in [5.74, 6) is 5.50. The number of anilines is 1. The van der Waals surface area contributed by atoms with Gasteiger partial charge in [-0.15, -0.1) is 0 Å². The van der Waals surface area contributed by atoms with Crippen LogP contribution in [0.1, 0.15) is 37.0 Å². The Morgan fingerprint density at radius 2 is 1.68 bits per heavy atom. The van der Waals surface area contributed by atoms with Crippen LogP contribution in [0.2, 0.25) is 5.02 Å². The highest BCUT2D eigenvalue weighted by atomic mass is 35.5. The zero-order valence-corrected chi connectivity index (χ0v) is 24.3. The van der Waals surface area contributed by atoms with Gasteiger partial charge in [-0.2, -0.15) is 0 Å². The number of hydrogen-bond donors (Lipinski definition) is 3. The van der Waals surface area contributed by atoms with Crippen LogP contribution in [0, 0.1) is 11.8 Å². The molecule has 3 aromatic rings. The monoisotopic (exact) mass is 562 g/mol. The number of likely N-dealkylation sites (N-methyl/N-ethyl adjacent to an activating group) is 1. The molecule has 0 saturated heterocycles. The molecule has 0 radical (unpaired) electrons. The Morgan fingerprint density at radius 3 is 2.27 bits per heavy atom. The van der Waals surface area contributed by atoms with Gasteiger partial charge in [-0.25, -0.2) is 0 Å². The van der Waals surface area contributed by atoms with Crippen molar-refractivity contribution in [1.29, 1.82) is 0 Å². The van der Waals surface area contributed by atoms with E-state index in [2.05, 4.69) is 43.7 Å². The maximum Gasteiger partial charge on any atom is 0.268 e. The van der Waals surface area contributed by atoms with Crippen molar-refractivity contribution in [3.8, 4) is 11.8 Å². The molecule has 1 unspecified atom stereocenters. The van der Waals surface area contributed by atoms with Crippen LogP contribution in [0.5, 0.6) is 0 Å². The molecule has 1 heterocycles. The van der Waals surface area contributed by atoms with Gasteiger partial charge < -0.3 is 25.1 Å². The van der Waals surface area contributed by atoms with Crippen LogP contribution in [-0.4, -0.2) is 66.0 Å². The Hall–Kier alpha value is -3.44. The Bertz CT molecular complexity index is 1370. The molecule has 4 rings (SSSR count). The summed E-state index contributed by atoms with van der Waals surface area (Å²) in [4.78, 5) is 17.7. The molecule has 40 heavy (non-hydrogen) atoms. The van der Waals surface area contributed by atoms with Crippen LogP contribution in [0.4, 0.5) is 5.69 Å². The number of fused-ring (bicyclic) bond motifs is 2. The first-order valence-corrected chi connectivity index (χ1v) is 13.6. The van der Waals surface area contributed by atoms with E-state index in [-0.39, 0.29) is 6.61 Å². The molecule has 1 atom stereocenters. The highest BCUT2D eigenvalue weighted by Crippen LogP contribution is 2.48. The summed E-state index contributed by atoms with van der Waals surface area (Å²) in [5, 5.41) is 30.3. The number of aliphatic hydroxyl groups excluding tert-OH is 2. The van der Waals surface area contributed by atoms with Crippen molar-refractivity contribution in [2.45, 2.75) is 25.9 Å². The number of benzene rings is 3. The Labute approximate surface area is 242 Å². The molecule has 0 saturated carbocycles. The zero-order chi connectivity index (χ0) is 29.7. The molecule has 0 spiro atoms. The quantitative estimate of drug-likeness (QED) is 0.262. The third kappa shape index (κ3) is 7.19. The average Bonchev–Trinajstić information content (AvgIpc) is 3.21. The van der Waals surface area contributed by atoms with E-state index in [1.807, 2.05) is 42.5 Å². The van der Waals surface area contributed by atoms with E-state index >= 15 is 0 Å². The number of allylic oxidation sites excluding steroid dienone is 2. The van der Waals surface area contributed by atoms with E-state index in [9.17, 15) is 9.90 Å². The van der Waals surface area contributed by atoms with Crippen LogP contribution >= 0.6 is 11.6 Å². The van der Waals surface area contributed by atoms with Crippen LogP contribution in [0.25, 0.3) is 10.8 Å². The highest BCUT2D eigenvalue weighted by molar-refractivity contribution is 6.33. The molecular weight excluding hydrogens is 524 g/mol. The lowest BCUT2D eigenvalue weighted by atomic mass is 9.86. The van der Waals surface area contributed by atoms with Crippen LogP contribution in [0.3, 0.4) is 0 Å². The third-order valence-electron chi connectivity index (χ3n) is 6.61. The van der Waals surface area contributed by atoms with E-state index in [0.29, 0.717) is 46.9 Å². The molecule has 0 aromatic heterocycles. The van der Waals surface area contributed by atoms with E-state index < -0.39 is 11.5 Å². The lowest BCUT2D eigenvalue weighted by molar-refractivity contribution is -0.132. The Balaban J connectivity index is 0.000000858. The minimum Gasteiger partial charge on any atom is -0.400 e. The molecule has 3 aromatic carbocycles. The van der Waals surface area contributed by atoms with Gasteiger partial charge in [0, 0.05) is 37.7 Å². The fraction of sp³-hybridized carbons (Fsp3) is 0.303. The van der Waals surface area contributed by atoms with Gasteiger partial charge in [0.1, 0.15) is 0 Å². The summed E-state index contributed by atoms with van der Waals surface area (Å²) in [6.45, 7) is 13.7. The summed E-state index contributed by atoms with van der Waals surface area (Å²) >= 11 is 6.72. The number of halogens is 1. The SMILES string of the molecule is C=CC=C.CCN(CC)CCN1C(=O)C(O)(c2ccc3ccccc3c2)c2c(Cl)cc(C#CCCO)cc21.CO. The van der Waals surface area contributed by atoms with Crippen molar-refractivity contribution in [3.63, 3.8) is 0 Å². The van der Waals surface area contributed by atoms with Gasteiger partial charge in [-0.1, -0.05) is 99.0 Å². The molecule has 3 N–H and O–H groups in total. The van der Waals surface area contributed by atoms with Gasteiger partial charge in [-0.05, 0) is 47.6 Å². The molecule has 6 nitrogen and oxygen atoms in total. The van der Waals surface area contributed by atoms with Gasteiger partial charge in [0.25, 0.3) is 5.91 Å². The second kappa shape index (κ2) is 16.0. The van der Waals surface area contributed by atoms with Crippen molar-refractivity contribution in [2.24, 2.45) is 0 Å². The maximum absolute atomic E-state index is 13.9. The number of carbonyl (C=O) groups is 1. The number of rotatable bonds is 8. The minimum absolute atomic E-state index is 0.0259. The van der Waals surface area contributed by atoms with Crippen molar-refractivity contribution in [3.05, 3.63) is 102 Å². The van der Waals surface area contributed by atoms with Crippen molar-refractivity contribution in [1.82, 2.24) is 4.90 Å². The lowest BCUT2D eigenvalue weighted by Gasteiger charge is -2.26. The number of amides is 1. The summed E-state index contributed by atoms with van der Waals surface area (Å²) in [5.41, 5.74) is 0.205. The molecule has 0 aliphatic carbocycles. The van der Waals surface area contributed by atoms with Crippen molar-refractivity contribution >= 4 is 34.0 Å². The molecular formula is C33H39ClN2O4. The van der Waals surface area contributed by atoms with E-state index in [1.165, 1.54) is 0 Å².